The standard InChI is InChI=1S/C19H24N4O/c24-19(22-11-6-1-2-7-12-22)17-16-14-20-10-13-23(16)18(21-17)15-8-4-3-5-9-15/h3-5,8-9,20H,1-2,6-7,10-14H2. The van der Waals surface area contributed by atoms with Gasteiger partial charge in [0.25, 0.3) is 5.91 Å². The van der Waals surface area contributed by atoms with Crippen molar-refractivity contribution in [2.24, 2.45) is 0 Å². The van der Waals surface area contributed by atoms with E-state index in [1.54, 1.807) is 0 Å². The van der Waals surface area contributed by atoms with Gasteiger partial charge < -0.3 is 14.8 Å². The number of likely N-dealkylation sites (tertiary alicyclic amines) is 1. The number of hydrogen-bond acceptors (Lipinski definition) is 3. The molecule has 4 rings (SSSR count). The summed E-state index contributed by atoms with van der Waals surface area (Å²) in [5.41, 5.74) is 2.76. The summed E-state index contributed by atoms with van der Waals surface area (Å²) in [4.78, 5) is 19.9. The van der Waals surface area contributed by atoms with Gasteiger partial charge in [-0.1, -0.05) is 43.2 Å². The second-order valence-corrected chi connectivity index (χ2v) is 6.63. The topological polar surface area (TPSA) is 50.2 Å². The minimum atomic E-state index is 0.103. The van der Waals surface area contributed by atoms with E-state index in [4.69, 9.17) is 4.98 Å². The molecule has 0 unspecified atom stereocenters. The van der Waals surface area contributed by atoms with E-state index in [2.05, 4.69) is 22.0 Å². The minimum absolute atomic E-state index is 0.103. The molecule has 3 heterocycles. The van der Waals surface area contributed by atoms with Gasteiger partial charge in [0.2, 0.25) is 0 Å². The summed E-state index contributed by atoms with van der Waals surface area (Å²) in [6, 6.07) is 10.2. The average Bonchev–Trinajstić information content (AvgIpc) is 2.81. The molecule has 1 amide bonds. The minimum Gasteiger partial charge on any atom is -0.337 e. The number of carbonyl (C=O) groups excluding carboxylic acids is 1. The van der Waals surface area contributed by atoms with Gasteiger partial charge in [0.05, 0.1) is 5.69 Å². The van der Waals surface area contributed by atoms with Crippen LogP contribution in [0, 0.1) is 0 Å². The van der Waals surface area contributed by atoms with E-state index in [1.807, 2.05) is 23.1 Å². The normalized spacial score (nSPS) is 18.1. The highest BCUT2D eigenvalue weighted by molar-refractivity contribution is 5.94. The molecule has 5 nitrogen and oxygen atoms in total. The Morgan fingerprint density at radius 2 is 1.75 bits per heavy atom. The van der Waals surface area contributed by atoms with Gasteiger partial charge in [-0.15, -0.1) is 0 Å². The lowest BCUT2D eigenvalue weighted by Gasteiger charge is -2.22. The first-order chi connectivity index (χ1) is 11.8. The van der Waals surface area contributed by atoms with Gasteiger partial charge in [0.1, 0.15) is 5.82 Å². The van der Waals surface area contributed by atoms with Crippen LogP contribution in [0.2, 0.25) is 0 Å². The van der Waals surface area contributed by atoms with Gasteiger partial charge in [-0.25, -0.2) is 4.98 Å². The van der Waals surface area contributed by atoms with Gasteiger partial charge >= 0.3 is 0 Å². The maximum Gasteiger partial charge on any atom is 0.274 e. The first kappa shape index (κ1) is 15.4. The molecule has 0 bridgehead atoms. The largest absolute Gasteiger partial charge is 0.337 e. The summed E-state index contributed by atoms with van der Waals surface area (Å²) in [6.45, 7) is 4.22. The van der Waals surface area contributed by atoms with Crippen LogP contribution < -0.4 is 5.32 Å². The van der Waals surface area contributed by atoms with Crippen molar-refractivity contribution in [2.75, 3.05) is 19.6 Å². The molecule has 0 atom stereocenters. The number of carbonyl (C=O) groups is 1. The fourth-order valence-electron chi connectivity index (χ4n) is 3.71. The molecule has 1 aromatic carbocycles. The lowest BCUT2D eigenvalue weighted by Crippen LogP contribution is -2.35. The first-order valence-corrected chi connectivity index (χ1v) is 8.99. The molecular formula is C19H24N4O. The molecule has 0 aliphatic carbocycles. The number of imidazole rings is 1. The van der Waals surface area contributed by atoms with Crippen LogP contribution >= 0.6 is 0 Å². The first-order valence-electron chi connectivity index (χ1n) is 8.99. The summed E-state index contributed by atoms with van der Waals surface area (Å²) in [5, 5.41) is 3.38. The number of fused-ring (bicyclic) bond motifs is 1. The Morgan fingerprint density at radius 1 is 1.00 bits per heavy atom. The fourth-order valence-corrected chi connectivity index (χ4v) is 3.71. The van der Waals surface area contributed by atoms with E-state index in [0.717, 1.165) is 62.6 Å². The van der Waals surface area contributed by atoms with Crippen molar-refractivity contribution in [1.29, 1.82) is 0 Å². The summed E-state index contributed by atoms with van der Waals surface area (Å²) in [7, 11) is 0. The van der Waals surface area contributed by atoms with Gasteiger partial charge in [0.15, 0.2) is 5.69 Å². The smallest absolute Gasteiger partial charge is 0.274 e. The zero-order valence-electron chi connectivity index (χ0n) is 14.0. The third kappa shape index (κ3) is 2.84. The van der Waals surface area contributed by atoms with E-state index in [9.17, 15) is 4.79 Å². The summed E-state index contributed by atoms with van der Waals surface area (Å²) >= 11 is 0. The van der Waals surface area contributed by atoms with E-state index in [0.29, 0.717) is 5.69 Å². The van der Waals surface area contributed by atoms with Crippen LogP contribution in [0.1, 0.15) is 41.9 Å². The molecule has 24 heavy (non-hydrogen) atoms. The van der Waals surface area contributed by atoms with Crippen molar-refractivity contribution in [2.45, 2.75) is 38.8 Å². The van der Waals surface area contributed by atoms with Gasteiger partial charge in [0, 0.05) is 38.3 Å². The van der Waals surface area contributed by atoms with E-state index in [-0.39, 0.29) is 5.91 Å². The highest BCUT2D eigenvalue weighted by Crippen LogP contribution is 2.25. The zero-order chi connectivity index (χ0) is 16.4. The van der Waals surface area contributed by atoms with Crippen LogP contribution in [0.15, 0.2) is 30.3 Å². The summed E-state index contributed by atoms with van der Waals surface area (Å²) in [5.74, 6) is 1.02. The van der Waals surface area contributed by atoms with E-state index in [1.165, 1.54) is 12.8 Å². The molecule has 1 saturated heterocycles. The van der Waals surface area contributed by atoms with Crippen LogP contribution in [0.4, 0.5) is 0 Å². The Bertz CT molecular complexity index is 714. The Kier molecular flexibility index (Phi) is 4.34. The van der Waals surface area contributed by atoms with Crippen LogP contribution in [-0.2, 0) is 13.1 Å². The van der Waals surface area contributed by atoms with Gasteiger partial charge in [-0.3, -0.25) is 4.79 Å². The third-order valence-corrected chi connectivity index (χ3v) is 5.01. The quantitative estimate of drug-likeness (QED) is 0.924. The molecule has 2 aromatic rings. The molecule has 1 N–H and O–H groups in total. The summed E-state index contributed by atoms with van der Waals surface area (Å²) < 4.78 is 2.22. The third-order valence-electron chi connectivity index (χ3n) is 5.01. The number of amides is 1. The number of benzene rings is 1. The van der Waals surface area contributed by atoms with Crippen LogP contribution in [0.3, 0.4) is 0 Å². The van der Waals surface area contributed by atoms with Crippen molar-refractivity contribution < 1.29 is 4.79 Å². The van der Waals surface area contributed by atoms with E-state index >= 15 is 0 Å². The highest BCUT2D eigenvalue weighted by atomic mass is 16.2. The predicted molar refractivity (Wildman–Crippen MR) is 93.7 cm³/mol. The molecule has 1 aromatic heterocycles. The van der Waals surface area contributed by atoms with Crippen LogP contribution in [0.5, 0.6) is 0 Å². The second-order valence-electron chi connectivity index (χ2n) is 6.63. The Labute approximate surface area is 142 Å². The highest BCUT2D eigenvalue weighted by Gasteiger charge is 2.28. The molecule has 2 aliphatic heterocycles. The number of aromatic nitrogens is 2. The predicted octanol–water partition coefficient (Wildman–Crippen LogP) is 2.67. The monoisotopic (exact) mass is 324 g/mol. The van der Waals surface area contributed by atoms with Crippen molar-refractivity contribution in [1.82, 2.24) is 19.8 Å². The summed E-state index contributed by atoms with van der Waals surface area (Å²) in [6.07, 6.45) is 4.65. The van der Waals surface area contributed by atoms with Crippen molar-refractivity contribution in [3.05, 3.63) is 41.7 Å². The maximum atomic E-state index is 13.1. The number of hydrogen-bond donors (Lipinski definition) is 1. The van der Waals surface area contributed by atoms with Gasteiger partial charge in [-0.2, -0.15) is 0 Å². The van der Waals surface area contributed by atoms with Crippen LogP contribution in [-0.4, -0.2) is 40.0 Å². The lowest BCUT2D eigenvalue weighted by atomic mass is 10.2. The van der Waals surface area contributed by atoms with Gasteiger partial charge in [-0.05, 0) is 12.8 Å². The maximum absolute atomic E-state index is 13.1. The fraction of sp³-hybridized carbons (Fsp3) is 0.474. The Hall–Kier alpha value is -2.14. The molecule has 1 fully saturated rings. The Morgan fingerprint density at radius 3 is 2.50 bits per heavy atom. The molecular weight excluding hydrogens is 300 g/mol. The lowest BCUT2D eigenvalue weighted by molar-refractivity contribution is 0.0754. The number of nitrogens with one attached hydrogen (secondary N) is 1. The van der Waals surface area contributed by atoms with Crippen molar-refractivity contribution in [3.63, 3.8) is 0 Å². The molecule has 0 radical (unpaired) electrons. The Balaban J connectivity index is 1.73. The van der Waals surface area contributed by atoms with E-state index < -0.39 is 0 Å². The average molecular weight is 324 g/mol. The number of nitrogens with zero attached hydrogens (tertiary/aromatic N) is 3. The molecule has 5 heteroatoms. The number of rotatable bonds is 2. The molecule has 126 valence electrons. The second kappa shape index (κ2) is 6.77. The zero-order valence-corrected chi connectivity index (χ0v) is 14.0. The van der Waals surface area contributed by atoms with Crippen LogP contribution in [0.25, 0.3) is 11.4 Å². The molecule has 0 spiro atoms. The van der Waals surface area contributed by atoms with Crippen molar-refractivity contribution in [3.8, 4) is 11.4 Å². The van der Waals surface area contributed by atoms with Crippen molar-refractivity contribution >= 4 is 5.91 Å². The molecule has 0 saturated carbocycles. The SMILES string of the molecule is O=C(c1nc(-c2ccccc2)n2c1CNCC2)N1CCCCCC1. The molecule has 2 aliphatic rings.